The quantitative estimate of drug-likeness (QED) is 0.625. The van der Waals surface area contributed by atoms with Crippen LogP contribution in [0, 0.1) is 23.7 Å². The molecule has 1 aromatic rings. The zero-order valence-electron chi connectivity index (χ0n) is 21.9. The minimum atomic E-state index is -1.06. The van der Waals surface area contributed by atoms with E-state index < -0.39 is 29.2 Å². The molecule has 7 rings (SSSR count). The maximum absolute atomic E-state index is 13.8. The summed E-state index contributed by atoms with van der Waals surface area (Å²) in [6.45, 7) is 2.31. The second kappa shape index (κ2) is 8.14. The Kier molecular flexibility index (Phi) is 5.25. The molecule has 3 saturated heterocycles. The lowest BCUT2D eigenvalue weighted by Crippen LogP contribution is -2.73. The van der Waals surface area contributed by atoms with Crippen LogP contribution in [0.2, 0.25) is 0 Å². The molecule has 11 atom stereocenters. The van der Waals surface area contributed by atoms with Gasteiger partial charge in [-0.2, -0.15) is 0 Å². The molecular weight excluding hydrogens is 470 g/mol. The van der Waals surface area contributed by atoms with Crippen molar-refractivity contribution >= 4 is 11.9 Å². The lowest BCUT2D eigenvalue weighted by molar-refractivity contribution is -0.164. The zero-order chi connectivity index (χ0) is 25.7. The molecule has 1 spiro atoms. The molecular formula is C30H37NO6. The van der Waals surface area contributed by atoms with Crippen LogP contribution >= 0.6 is 0 Å². The molecule has 0 aromatic heterocycles. The minimum absolute atomic E-state index is 0.0917. The Balaban J connectivity index is 1.48. The van der Waals surface area contributed by atoms with Crippen LogP contribution in [0.4, 0.5) is 0 Å². The Hall–Kier alpha value is -2.22. The number of rotatable bonds is 4. The number of carbonyl (C=O) groups is 2. The monoisotopic (exact) mass is 507 g/mol. The highest BCUT2D eigenvalue weighted by atomic mass is 16.6. The summed E-state index contributed by atoms with van der Waals surface area (Å²) < 4.78 is 17.8. The van der Waals surface area contributed by atoms with E-state index in [-0.39, 0.29) is 29.8 Å². The number of hydrogen-bond acceptors (Lipinski definition) is 7. The molecule has 1 aromatic carbocycles. The summed E-state index contributed by atoms with van der Waals surface area (Å²) >= 11 is 0. The van der Waals surface area contributed by atoms with Crippen molar-refractivity contribution in [3.05, 3.63) is 47.0 Å². The molecule has 0 amide bonds. The topological polar surface area (TPSA) is 85.3 Å². The number of hydrogen-bond donors (Lipinski definition) is 1. The fourth-order valence-corrected chi connectivity index (χ4v) is 10.2. The average molecular weight is 508 g/mol. The number of fused-ring (bicyclic) bond motifs is 2. The predicted molar refractivity (Wildman–Crippen MR) is 135 cm³/mol. The summed E-state index contributed by atoms with van der Waals surface area (Å²) in [5.41, 5.74) is 0.185. The van der Waals surface area contributed by atoms with Gasteiger partial charge in [0.2, 0.25) is 0 Å². The highest BCUT2D eigenvalue weighted by Gasteiger charge is 2.81. The minimum Gasteiger partial charge on any atom is -0.466 e. The van der Waals surface area contributed by atoms with Crippen LogP contribution in [0.25, 0.3) is 0 Å². The smallest absolute Gasteiger partial charge is 0.338 e. The number of nitrogens with zero attached hydrogens (tertiary/aromatic N) is 1. The molecule has 7 heteroatoms. The first-order valence-electron chi connectivity index (χ1n) is 14.0. The van der Waals surface area contributed by atoms with E-state index in [0.717, 1.165) is 44.1 Å². The molecule has 3 heterocycles. The van der Waals surface area contributed by atoms with Gasteiger partial charge < -0.3 is 19.3 Å². The fourth-order valence-electron chi connectivity index (χ4n) is 10.2. The molecule has 5 bridgehead atoms. The highest BCUT2D eigenvalue weighted by molar-refractivity contribution is 5.95. The molecule has 37 heavy (non-hydrogen) atoms. The number of esters is 2. The number of carbonyl (C=O) groups excluding carboxylic acids is 2. The molecule has 6 aliphatic rings. The van der Waals surface area contributed by atoms with E-state index in [2.05, 4.69) is 11.8 Å². The maximum atomic E-state index is 13.8. The van der Waals surface area contributed by atoms with Gasteiger partial charge in [-0.05, 0) is 75.0 Å². The fraction of sp³-hybridized carbons (Fsp3) is 0.667. The Labute approximate surface area is 218 Å². The van der Waals surface area contributed by atoms with E-state index >= 15 is 0 Å². The van der Waals surface area contributed by atoms with Crippen LogP contribution in [-0.2, 0) is 19.0 Å². The second-order valence-corrected chi connectivity index (χ2v) is 12.3. The van der Waals surface area contributed by atoms with E-state index in [1.165, 1.54) is 7.11 Å². The van der Waals surface area contributed by atoms with Gasteiger partial charge in [-0.3, -0.25) is 4.90 Å². The lowest BCUT2D eigenvalue weighted by Gasteiger charge is -2.65. The summed E-state index contributed by atoms with van der Waals surface area (Å²) in [6.07, 6.45) is 5.60. The molecule has 2 unspecified atom stereocenters. The molecule has 5 fully saturated rings. The van der Waals surface area contributed by atoms with Crippen molar-refractivity contribution in [2.45, 2.75) is 87.3 Å². The number of piperidine rings is 2. The number of ether oxygens (including phenoxy) is 3. The van der Waals surface area contributed by atoms with Crippen LogP contribution in [0.1, 0.15) is 62.2 Å². The average Bonchev–Trinajstić information content (AvgIpc) is 3.32. The Morgan fingerprint density at radius 3 is 2.54 bits per heavy atom. The molecule has 1 N–H and O–H groups in total. The summed E-state index contributed by atoms with van der Waals surface area (Å²) in [5.74, 6) is -0.629. The van der Waals surface area contributed by atoms with Crippen LogP contribution in [0.3, 0.4) is 0 Å². The molecule has 198 valence electrons. The molecule has 0 radical (unpaired) electrons. The summed E-state index contributed by atoms with van der Waals surface area (Å²) in [4.78, 5) is 29.9. The third-order valence-corrected chi connectivity index (χ3v) is 11.1. The van der Waals surface area contributed by atoms with E-state index in [0.29, 0.717) is 29.6 Å². The highest BCUT2D eigenvalue weighted by Crippen LogP contribution is 2.75. The van der Waals surface area contributed by atoms with E-state index in [4.69, 9.17) is 14.2 Å². The Morgan fingerprint density at radius 1 is 1.03 bits per heavy atom. The van der Waals surface area contributed by atoms with E-state index in [1.807, 2.05) is 6.07 Å². The standard InChI is InChI=1S/C30H37NO6/c1-16-12-13-19-21-14-18-15-29(19,34)26-24(28(33)36-3)25(37-27(32)17-8-5-4-6-9-17)23-20(30(18,26)31(16)21)10-7-11-22(23)35-2/h4-6,8-9,16,18-23,25,34H,7,10-15H2,1-3H3/t16-,18-,19?,20+,21-,22-,23-,25-,29+,30+/m0/s1. The van der Waals surface area contributed by atoms with Crippen molar-refractivity contribution in [2.24, 2.45) is 23.7 Å². The van der Waals surface area contributed by atoms with Gasteiger partial charge >= 0.3 is 11.9 Å². The van der Waals surface area contributed by atoms with Gasteiger partial charge in [0, 0.05) is 31.0 Å². The number of methoxy groups -OCH3 is 2. The van der Waals surface area contributed by atoms with E-state index in [1.54, 1.807) is 31.4 Å². The largest absolute Gasteiger partial charge is 0.466 e. The maximum Gasteiger partial charge on any atom is 0.338 e. The first-order chi connectivity index (χ1) is 17.9. The van der Waals surface area contributed by atoms with Crippen molar-refractivity contribution in [1.29, 1.82) is 0 Å². The molecule has 3 aliphatic heterocycles. The Bertz CT molecular complexity index is 1170. The normalized spacial score (nSPS) is 46.9. The first-order valence-corrected chi connectivity index (χ1v) is 14.0. The summed E-state index contributed by atoms with van der Waals surface area (Å²) in [7, 11) is 3.11. The third-order valence-electron chi connectivity index (χ3n) is 11.1. The SMILES string of the molecule is COC(=O)C1=C2[C@@]3([C@H]4C[C@H]5C(CC[C@H](C)N53)[C@]2(O)C4)[C@@H]2CCC[C@H](OC)[C@H]2[C@@H]1OC(=O)c1ccccc1. The van der Waals surface area contributed by atoms with Crippen molar-refractivity contribution in [1.82, 2.24) is 4.90 Å². The predicted octanol–water partition coefficient (Wildman–Crippen LogP) is 3.50. The van der Waals surface area contributed by atoms with Crippen molar-refractivity contribution < 1.29 is 28.9 Å². The second-order valence-electron chi connectivity index (χ2n) is 12.3. The van der Waals surface area contributed by atoms with Crippen LogP contribution in [-0.4, -0.2) is 71.6 Å². The van der Waals surface area contributed by atoms with E-state index in [9.17, 15) is 14.7 Å². The number of aliphatic hydroxyl groups is 1. The Morgan fingerprint density at radius 2 is 1.81 bits per heavy atom. The van der Waals surface area contributed by atoms with Crippen molar-refractivity contribution in [3.63, 3.8) is 0 Å². The van der Waals surface area contributed by atoms with Gasteiger partial charge in [-0.15, -0.1) is 0 Å². The van der Waals surface area contributed by atoms with Gasteiger partial charge in [0.05, 0.1) is 35.5 Å². The first kappa shape index (κ1) is 23.9. The van der Waals surface area contributed by atoms with Crippen molar-refractivity contribution in [3.8, 4) is 0 Å². The lowest BCUT2D eigenvalue weighted by atomic mass is 9.53. The molecule has 7 nitrogen and oxygen atoms in total. The molecule has 2 saturated carbocycles. The van der Waals surface area contributed by atoms with Crippen LogP contribution in [0.15, 0.2) is 41.5 Å². The zero-order valence-corrected chi connectivity index (χ0v) is 21.9. The van der Waals surface area contributed by atoms with Crippen molar-refractivity contribution in [2.75, 3.05) is 14.2 Å². The summed E-state index contributed by atoms with van der Waals surface area (Å²) in [5, 5.41) is 12.5. The van der Waals surface area contributed by atoms with Gasteiger partial charge in [0.15, 0.2) is 0 Å². The van der Waals surface area contributed by atoms with Crippen LogP contribution < -0.4 is 0 Å². The van der Waals surface area contributed by atoms with Crippen LogP contribution in [0.5, 0.6) is 0 Å². The van der Waals surface area contributed by atoms with Gasteiger partial charge in [-0.1, -0.05) is 24.6 Å². The van der Waals surface area contributed by atoms with Gasteiger partial charge in [0.25, 0.3) is 0 Å². The molecule has 3 aliphatic carbocycles. The summed E-state index contributed by atoms with van der Waals surface area (Å²) in [6, 6.07) is 9.64. The third kappa shape index (κ3) is 2.83. The number of benzene rings is 1. The van der Waals surface area contributed by atoms with Gasteiger partial charge in [0.1, 0.15) is 6.10 Å². The van der Waals surface area contributed by atoms with Gasteiger partial charge in [-0.25, -0.2) is 9.59 Å².